The molecular formula is C13H15N3OS. The van der Waals surface area contributed by atoms with Crippen molar-refractivity contribution in [2.45, 2.75) is 0 Å². The van der Waals surface area contributed by atoms with Gasteiger partial charge in [0.05, 0.1) is 5.56 Å². The number of carbonyl (C=O) groups is 1. The van der Waals surface area contributed by atoms with Gasteiger partial charge in [0.25, 0.3) is 5.91 Å². The fourth-order valence-electron chi connectivity index (χ4n) is 2.26. The van der Waals surface area contributed by atoms with Crippen molar-refractivity contribution in [3.05, 3.63) is 30.0 Å². The van der Waals surface area contributed by atoms with E-state index < -0.39 is 0 Å². The van der Waals surface area contributed by atoms with Gasteiger partial charge in [-0.2, -0.15) is 11.8 Å². The third-order valence-electron chi connectivity index (χ3n) is 3.23. The highest BCUT2D eigenvalue weighted by Crippen LogP contribution is 2.23. The van der Waals surface area contributed by atoms with Crippen LogP contribution in [0.3, 0.4) is 0 Å². The molecule has 0 bridgehead atoms. The second kappa shape index (κ2) is 4.57. The molecule has 0 unspecified atom stereocenters. The number of hydrogen-bond acceptors (Lipinski definition) is 3. The number of nitrogens with one attached hydrogen (secondary N) is 1. The molecule has 0 saturated carbocycles. The summed E-state index contributed by atoms with van der Waals surface area (Å²) in [4.78, 5) is 17.5. The Kier molecular flexibility index (Phi) is 2.91. The van der Waals surface area contributed by atoms with E-state index in [0.717, 1.165) is 41.1 Å². The van der Waals surface area contributed by atoms with Crippen molar-refractivity contribution in [3.63, 3.8) is 0 Å². The first-order valence-electron chi connectivity index (χ1n) is 5.99. The number of aromatic nitrogens is 1. The summed E-state index contributed by atoms with van der Waals surface area (Å²) in [5.74, 6) is 2.17. The van der Waals surface area contributed by atoms with Crippen molar-refractivity contribution in [2.75, 3.05) is 30.3 Å². The molecule has 1 fully saturated rings. The van der Waals surface area contributed by atoms with E-state index in [9.17, 15) is 4.79 Å². The van der Waals surface area contributed by atoms with Gasteiger partial charge < -0.3 is 15.6 Å². The molecule has 1 aromatic heterocycles. The first-order chi connectivity index (χ1) is 8.75. The number of benzene rings is 1. The number of fused-ring (bicyclic) bond motifs is 1. The molecule has 1 aliphatic heterocycles. The fourth-order valence-corrected chi connectivity index (χ4v) is 3.16. The molecule has 1 aromatic carbocycles. The average Bonchev–Trinajstić information content (AvgIpc) is 2.81. The molecule has 1 amide bonds. The van der Waals surface area contributed by atoms with Crippen LogP contribution in [-0.2, 0) is 0 Å². The maximum atomic E-state index is 12.4. The van der Waals surface area contributed by atoms with Gasteiger partial charge in [-0.05, 0) is 18.2 Å². The van der Waals surface area contributed by atoms with Crippen LogP contribution in [0.2, 0.25) is 0 Å². The molecule has 94 valence electrons. The van der Waals surface area contributed by atoms with E-state index in [0.29, 0.717) is 5.69 Å². The molecule has 4 nitrogen and oxygen atoms in total. The molecule has 1 aliphatic rings. The van der Waals surface area contributed by atoms with Gasteiger partial charge in [0, 0.05) is 47.4 Å². The number of anilines is 1. The zero-order chi connectivity index (χ0) is 12.5. The summed E-state index contributed by atoms with van der Waals surface area (Å²) in [6.07, 6.45) is 1.79. The van der Waals surface area contributed by atoms with E-state index in [1.807, 2.05) is 34.9 Å². The molecule has 0 spiro atoms. The van der Waals surface area contributed by atoms with Gasteiger partial charge in [0.15, 0.2) is 0 Å². The predicted molar refractivity (Wildman–Crippen MR) is 75.9 cm³/mol. The molecule has 18 heavy (non-hydrogen) atoms. The van der Waals surface area contributed by atoms with Crippen LogP contribution >= 0.6 is 11.8 Å². The van der Waals surface area contributed by atoms with Crippen LogP contribution in [0.1, 0.15) is 10.4 Å². The molecular weight excluding hydrogens is 246 g/mol. The Morgan fingerprint density at radius 2 is 2.11 bits per heavy atom. The van der Waals surface area contributed by atoms with Crippen LogP contribution in [0.5, 0.6) is 0 Å². The lowest BCUT2D eigenvalue weighted by Gasteiger charge is -2.26. The Hall–Kier alpha value is -1.62. The summed E-state index contributed by atoms with van der Waals surface area (Å²) < 4.78 is 0. The molecule has 0 radical (unpaired) electrons. The van der Waals surface area contributed by atoms with Crippen LogP contribution in [0.15, 0.2) is 24.4 Å². The number of carbonyl (C=O) groups excluding carboxylic acids is 1. The van der Waals surface area contributed by atoms with E-state index in [4.69, 9.17) is 5.73 Å². The fraction of sp³-hybridized carbons (Fsp3) is 0.308. The Balaban J connectivity index is 1.96. The Morgan fingerprint density at radius 3 is 2.89 bits per heavy atom. The first-order valence-corrected chi connectivity index (χ1v) is 7.15. The van der Waals surface area contributed by atoms with Crippen molar-refractivity contribution < 1.29 is 4.79 Å². The van der Waals surface area contributed by atoms with Crippen LogP contribution < -0.4 is 5.73 Å². The normalized spacial score (nSPS) is 16.1. The first kappa shape index (κ1) is 11.5. The zero-order valence-electron chi connectivity index (χ0n) is 9.98. The number of amides is 1. The van der Waals surface area contributed by atoms with E-state index in [-0.39, 0.29) is 5.91 Å². The van der Waals surface area contributed by atoms with E-state index in [1.54, 1.807) is 6.20 Å². The Morgan fingerprint density at radius 1 is 1.33 bits per heavy atom. The zero-order valence-corrected chi connectivity index (χ0v) is 10.8. The third kappa shape index (κ3) is 1.95. The largest absolute Gasteiger partial charge is 0.399 e. The monoisotopic (exact) mass is 261 g/mol. The van der Waals surface area contributed by atoms with E-state index >= 15 is 0 Å². The number of nitrogens with two attached hydrogens (primary N) is 1. The molecule has 3 N–H and O–H groups in total. The van der Waals surface area contributed by atoms with Crippen molar-refractivity contribution in [1.29, 1.82) is 0 Å². The highest BCUT2D eigenvalue weighted by molar-refractivity contribution is 7.99. The Bertz CT molecular complexity index is 587. The minimum Gasteiger partial charge on any atom is -0.399 e. The standard InChI is InChI=1S/C13H15N3OS/c14-9-1-2-10-11(8-15-12(10)7-9)13(17)16-3-5-18-6-4-16/h1-2,7-8,15H,3-6,14H2. The van der Waals surface area contributed by atoms with Crippen LogP contribution in [0.4, 0.5) is 5.69 Å². The summed E-state index contributed by atoms with van der Waals surface area (Å²) in [6, 6.07) is 5.60. The van der Waals surface area contributed by atoms with Crippen LogP contribution in [0, 0.1) is 0 Å². The second-order valence-electron chi connectivity index (χ2n) is 4.41. The van der Waals surface area contributed by atoms with Gasteiger partial charge in [-0.3, -0.25) is 4.79 Å². The molecule has 2 aromatic rings. The van der Waals surface area contributed by atoms with Gasteiger partial charge in [-0.15, -0.1) is 0 Å². The molecule has 3 rings (SSSR count). The highest BCUT2D eigenvalue weighted by atomic mass is 32.2. The quantitative estimate of drug-likeness (QED) is 0.771. The number of H-pyrrole nitrogens is 1. The van der Waals surface area contributed by atoms with E-state index in [1.165, 1.54) is 0 Å². The lowest BCUT2D eigenvalue weighted by Crippen LogP contribution is -2.37. The van der Waals surface area contributed by atoms with Crippen molar-refractivity contribution >= 4 is 34.3 Å². The topological polar surface area (TPSA) is 62.1 Å². The predicted octanol–water partition coefficient (Wildman–Crippen LogP) is 1.94. The number of hydrogen-bond donors (Lipinski definition) is 2. The summed E-state index contributed by atoms with van der Waals surface area (Å²) in [6.45, 7) is 1.68. The lowest BCUT2D eigenvalue weighted by molar-refractivity contribution is 0.0774. The molecule has 2 heterocycles. The summed E-state index contributed by atoms with van der Waals surface area (Å²) in [5, 5.41) is 0.951. The van der Waals surface area contributed by atoms with Crippen molar-refractivity contribution in [2.24, 2.45) is 0 Å². The van der Waals surface area contributed by atoms with Gasteiger partial charge >= 0.3 is 0 Å². The smallest absolute Gasteiger partial charge is 0.256 e. The third-order valence-corrected chi connectivity index (χ3v) is 4.18. The van der Waals surface area contributed by atoms with Crippen molar-refractivity contribution in [1.82, 2.24) is 9.88 Å². The average molecular weight is 261 g/mol. The van der Waals surface area contributed by atoms with Gasteiger partial charge in [-0.1, -0.05) is 0 Å². The molecule has 0 aliphatic carbocycles. The number of thioether (sulfide) groups is 1. The van der Waals surface area contributed by atoms with Crippen LogP contribution in [-0.4, -0.2) is 40.4 Å². The number of rotatable bonds is 1. The minimum absolute atomic E-state index is 0.117. The van der Waals surface area contributed by atoms with Gasteiger partial charge in [0.1, 0.15) is 0 Å². The lowest BCUT2D eigenvalue weighted by atomic mass is 10.1. The number of nitrogen functional groups attached to an aromatic ring is 1. The second-order valence-corrected chi connectivity index (χ2v) is 5.64. The summed E-state index contributed by atoms with van der Waals surface area (Å²) in [5.41, 5.74) is 8.11. The van der Waals surface area contributed by atoms with Gasteiger partial charge in [0.2, 0.25) is 0 Å². The summed E-state index contributed by atoms with van der Waals surface area (Å²) in [7, 11) is 0. The maximum Gasteiger partial charge on any atom is 0.256 e. The minimum atomic E-state index is 0.117. The SMILES string of the molecule is Nc1ccc2c(C(=O)N3CCSCC3)c[nH]c2c1. The van der Waals surface area contributed by atoms with E-state index in [2.05, 4.69) is 4.98 Å². The molecule has 1 saturated heterocycles. The summed E-state index contributed by atoms with van der Waals surface area (Å²) >= 11 is 1.90. The maximum absolute atomic E-state index is 12.4. The van der Waals surface area contributed by atoms with Crippen LogP contribution in [0.25, 0.3) is 10.9 Å². The highest BCUT2D eigenvalue weighted by Gasteiger charge is 2.20. The molecule has 0 atom stereocenters. The Labute approximate surface area is 110 Å². The molecule has 5 heteroatoms. The number of aromatic amines is 1. The van der Waals surface area contributed by atoms with Crippen molar-refractivity contribution in [3.8, 4) is 0 Å². The number of nitrogens with zero attached hydrogens (tertiary/aromatic N) is 1. The van der Waals surface area contributed by atoms with Gasteiger partial charge in [-0.25, -0.2) is 0 Å².